The maximum absolute atomic E-state index is 12.4. The van der Waals surface area contributed by atoms with Crippen LogP contribution in [0.3, 0.4) is 0 Å². The number of likely N-dealkylation sites (tertiary alicyclic amines) is 1. The van der Waals surface area contributed by atoms with Crippen molar-refractivity contribution < 1.29 is 9.21 Å². The minimum Gasteiger partial charge on any atom is -0.423 e. The third-order valence-corrected chi connectivity index (χ3v) is 5.79. The monoisotopic (exact) mass is 370 g/mol. The summed E-state index contributed by atoms with van der Waals surface area (Å²) in [6.45, 7) is 7.97. The van der Waals surface area contributed by atoms with Crippen molar-refractivity contribution in [3.05, 3.63) is 24.3 Å². The summed E-state index contributed by atoms with van der Waals surface area (Å²) in [7, 11) is 0. The average Bonchev–Trinajstić information content (AvgIpc) is 3.12. The highest BCUT2D eigenvalue weighted by Gasteiger charge is 2.32. The van der Waals surface area contributed by atoms with Gasteiger partial charge in [-0.05, 0) is 58.2 Å². The van der Waals surface area contributed by atoms with Crippen molar-refractivity contribution in [2.24, 2.45) is 5.92 Å². The molecule has 146 valence electrons. The lowest BCUT2D eigenvalue weighted by molar-refractivity contribution is -0.127. The van der Waals surface area contributed by atoms with Gasteiger partial charge in [0.25, 0.3) is 6.01 Å². The number of nitrogens with zero attached hydrogens (tertiary/aromatic N) is 3. The summed E-state index contributed by atoms with van der Waals surface area (Å²) >= 11 is 0. The molecule has 0 spiro atoms. The van der Waals surface area contributed by atoms with Crippen molar-refractivity contribution >= 4 is 23.0 Å². The number of carbonyl (C=O) groups excluding carboxylic acids is 1. The minimum atomic E-state index is 0.135. The van der Waals surface area contributed by atoms with Gasteiger partial charge in [-0.3, -0.25) is 9.69 Å². The molecule has 0 bridgehead atoms. The van der Waals surface area contributed by atoms with E-state index in [1.54, 1.807) is 0 Å². The first-order valence-corrected chi connectivity index (χ1v) is 10.2. The summed E-state index contributed by atoms with van der Waals surface area (Å²) in [6, 6.07) is 9.43. The third kappa shape index (κ3) is 4.10. The number of rotatable bonds is 4. The molecular weight excluding hydrogens is 340 g/mol. The highest BCUT2D eigenvalue weighted by molar-refractivity contribution is 5.79. The topological polar surface area (TPSA) is 61.6 Å². The van der Waals surface area contributed by atoms with Gasteiger partial charge in [0.2, 0.25) is 5.91 Å². The summed E-state index contributed by atoms with van der Waals surface area (Å²) in [4.78, 5) is 21.8. The second-order valence-corrected chi connectivity index (χ2v) is 8.18. The zero-order chi connectivity index (χ0) is 18.8. The van der Waals surface area contributed by atoms with Crippen LogP contribution in [0.25, 0.3) is 11.1 Å². The lowest BCUT2D eigenvalue weighted by atomic mass is 9.93. The molecule has 3 heterocycles. The number of hydrogen-bond donors (Lipinski definition) is 1. The first-order chi connectivity index (χ1) is 13.1. The standard InChI is InChI=1S/C21H30N4O2/c1-15(2)22-20(26)16-6-5-11-25(14-16)17-9-12-24(13-10-17)21-23-18-7-3-4-8-19(18)27-21/h3-4,7-8,15-17H,5-6,9-14H2,1-2H3,(H,22,26)/t16-/m1/s1. The van der Waals surface area contributed by atoms with Crippen LogP contribution in [0.2, 0.25) is 0 Å². The zero-order valence-corrected chi connectivity index (χ0v) is 16.4. The van der Waals surface area contributed by atoms with E-state index in [0.29, 0.717) is 6.04 Å². The van der Waals surface area contributed by atoms with E-state index in [1.807, 2.05) is 38.1 Å². The van der Waals surface area contributed by atoms with Crippen molar-refractivity contribution in [3.63, 3.8) is 0 Å². The number of amides is 1. The smallest absolute Gasteiger partial charge is 0.298 e. The summed E-state index contributed by atoms with van der Waals surface area (Å²) in [6.07, 6.45) is 4.31. The van der Waals surface area contributed by atoms with Crippen LogP contribution in [0.4, 0.5) is 6.01 Å². The highest BCUT2D eigenvalue weighted by atomic mass is 16.4. The van der Waals surface area contributed by atoms with Crippen LogP contribution < -0.4 is 10.2 Å². The molecular formula is C21H30N4O2. The molecule has 1 N–H and O–H groups in total. The predicted molar refractivity (Wildman–Crippen MR) is 107 cm³/mol. The third-order valence-electron chi connectivity index (χ3n) is 5.79. The Labute approximate surface area is 160 Å². The number of anilines is 1. The molecule has 0 radical (unpaired) electrons. The number of aromatic nitrogens is 1. The van der Waals surface area contributed by atoms with Crippen LogP contribution in [0, 0.1) is 5.92 Å². The van der Waals surface area contributed by atoms with Crippen LogP contribution in [-0.2, 0) is 4.79 Å². The fourth-order valence-electron chi connectivity index (χ4n) is 4.37. The molecule has 0 aliphatic carbocycles. The van der Waals surface area contributed by atoms with Crippen molar-refractivity contribution in [3.8, 4) is 0 Å². The average molecular weight is 370 g/mol. The van der Waals surface area contributed by atoms with Crippen molar-refractivity contribution in [2.75, 3.05) is 31.1 Å². The molecule has 2 aliphatic rings. The Hall–Kier alpha value is -2.08. The number of benzene rings is 1. The highest BCUT2D eigenvalue weighted by Crippen LogP contribution is 2.28. The van der Waals surface area contributed by atoms with Gasteiger partial charge in [0, 0.05) is 31.7 Å². The van der Waals surface area contributed by atoms with Gasteiger partial charge in [0.05, 0.1) is 5.92 Å². The molecule has 1 atom stereocenters. The van der Waals surface area contributed by atoms with Crippen molar-refractivity contribution in [1.29, 1.82) is 0 Å². The summed E-state index contributed by atoms with van der Waals surface area (Å²) < 4.78 is 5.92. The largest absolute Gasteiger partial charge is 0.423 e. The normalized spacial score (nSPS) is 22.5. The Kier molecular flexibility index (Phi) is 5.34. The van der Waals surface area contributed by atoms with E-state index < -0.39 is 0 Å². The maximum Gasteiger partial charge on any atom is 0.298 e. The molecule has 0 saturated carbocycles. The number of piperidine rings is 2. The van der Waals surface area contributed by atoms with Gasteiger partial charge in [-0.15, -0.1) is 0 Å². The molecule has 2 saturated heterocycles. The van der Waals surface area contributed by atoms with Gasteiger partial charge in [-0.25, -0.2) is 0 Å². The number of oxazole rings is 1. The van der Waals surface area contributed by atoms with Crippen molar-refractivity contribution in [2.45, 2.75) is 51.6 Å². The Morgan fingerprint density at radius 3 is 2.70 bits per heavy atom. The molecule has 6 heteroatoms. The molecule has 1 aromatic carbocycles. The quantitative estimate of drug-likeness (QED) is 0.896. The summed E-state index contributed by atoms with van der Waals surface area (Å²) in [5.74, 6) is 0.356. The van der Waals surface area contributed by atoms with Gasteiger partial charge < -0.3 is 14.6 Å². The molecule has 27 heavy (non-hydrogen) atoms. The van der Waals surface area contributed by atoms with Gasteiger partial charge in [-0.1, -0.05) is 12.1 Å². The van der Waals surface area contributed by atoms with Crippen LogP contribution >= 0.6 is 0 Å². The van der Waals surface area contributed by atoms with Crippen LogP contribution in [0.15, 0.2) is 28.7 Å². The molecule has 4 rings (SSSR count). The number of fused-ring (bicyclic) bond motifs is 1. The van der Waals surface area contributed by atoms with E-state index in [9.17, 15) is 4.79 Å². The Balaban J connectivity index is 1.34. The maximum atomic E-state index is 12.4. The number of carbonyl (C=O) groups is 1. The first kappa shape index (κ1) is 18.3. The second-order valence-electron chi connectivity index (χ2n) is 8.18. The number of nitrogens with one attached hydrogen (secondary N) is 1. The van der Waals surface area contributed by atoms with E-state index >= 15 is 0 Å². The van der Waals surface area contributed by atoms with Crippen molar-refractivity contribution in [1.82, 2.24) is 15.2 Å². The van der Waals surface area contributed by atoms with Crippen LogP contribution in [0.1, 0.15) is 39.5 Å². The molecule has 6 nitrogen and oxygen atoms in total. The lowest BCUT2D eigenvalue weighted by Gasteiger charge is -2.41. The number of para-hydroxylation sites is 2. The van der Waals surface area contributed by atoms with Gasteiger partial charge >= 0.3 is 0 Å². The molecule has 1 amide bonds. The van der Waals surface area contributed by atoms with E-state index in [0.717, 1.165) is 69.0 Å². The second kappa shape index (κ2) is 7.89. The molecule has 2 aliphatic heterocycles. The van der Waals surface area contributed by atoms with Gasteiger partial charge in [0.1, 0.15) is 5.52 Å². The van der Waals surface area contributed by atoms with Gasteiger partial charge in [-0.2, -0.15) is 4.98 Å². The van der Waals surface area contributed by atoms with E-state index in [2.05, 4.69) is 20.1 Å². The van der Waals surface area contributed by atoms with Crippen LogP contribution in [-0.4, -0.2) is 54.1 Å². The van der Waals surface area contributed by atoms with Gasteiger partial charge in [0.15, 0.2) is 5.58 Å². The van der Waals surface area contributed by atoms with E-state index in [4.69, 9.17) is 4.42 Å². The molecule has 0 unspecified atom stereocenters. The Morgan fingerprint density at radius 2 is 1.96 bits per heavy atom. The van der Waals surface area contributed by atoms with Crippen LogP contribution in [0.5, 0.6) is 0 Å². The minimum absolute atomic E-state index is 0.135. The SMILES string of the molecule is CC(C)NC(=O)[C@@H]1CCCN(C2CCN(c3nc4ccccc4o3)CC2)C1. The summed E-state index contributed by atoms with van der Waals surface area (Å²) in [5.41, 5.74) is 1.77. The molecule has 2 aromatic rings. The Bertz CT molecular complexity index is 746. The Morgan fingerprint density at radius 1 is 1.19 bits per heavy atom. The van der Waals surface area contributed by atoms with E-state index in [1.165, 1.54) is 0 Å². The number of hydrogen-bond acceptors (Lipinski definition) is 5. The van der Waals surface area contributed by atoms with E-state index in [-0.39, 0.29) is 17.9 Å². The predicted octanol–water partition coefficient (Wildman–Crippen LogP) is 3.03. The fourth-order valence-corrected chi connectivity index (χ4v) is 4.37. The molecule has 2 fully saturated rings. The first-order valence-electron chi connectivity index (χ1n) is 10.2. The fraction of sp³-hybridized carbons (Fsp3) is 0.619. The lowest BCUT2D eigenvalue weighted by Crippen LogP contribution is -2.51. The summed E-state index contributed by atoms with van der Waals surface area (Å²) in [5, 5.41) is 3.08. The zero-order valence-electron chi connectivity index (χ0n) is 16.4. The molecule has 1 aromatic heterocycles.